The minimum Gasteiger partial charge on any atom is -0.338 e. The van der Waals surface area contributed by atoms with Gasteiger partial charge >= 0.3 is 0 Å². The van der Waals surface area contributed by atoms with Gasteiger partial charge in [-0.3, -0.25) is 0 Å². The Balaban J connectivity index is 1.58. The van der Waals surface area contributed by atoms with E-state index in [1.54, 1.807) is 11.8 Å². The van der Waals surface area contributed by atoms with Crippen molar-refractivity contribution in [3.63, 3.8) is 0 Å². The van der Waals surface area contributed by atoms with E-state index in [0.717, 1.165) is 15.8 Å². The maximum Gasteiger partial charge on any atom is 0.236 e. The molecule has 0 saturated carbocycles. The maximum absolute atomic E-state index is 5.29. The summed E-state index contributed by atoms with van der Waals surface area (Å²) in [5.74, 6) is 2.94. The third-order valence-corrected chi connectivity index (χ3v) is 4.37. The van der Waals surface area contributed by atoms with E-state index in [1.165, 1.54) is 5.56 Å². The van der Waals surface area contributed by atoms with Crippen LogP contribution in [0.4, 0.5) is 0 Å². The molecular formula is C16H13BrN2OS. The molecule has 0 spiro atoms. The zero-order valence-corrected chi connectivity index (χ0v) is 13.6. The first kappa shape index (κ1) is 14.4. The largest absolute Gasteiger partial charge is 0.338 e. The van der Waals surface area contributed by atoms with Crippen LogP contribution in [-0.2, 0) is 11.5 Å². The second-order valence-corrected chi connectivity index (χ2v) is 6.40. The number of rotatable bonds is 5. The summed E-state index contributed by atoms with van der Waals surface area (Å²) < 4.78 is 6.39. The van der Waals surface area contributed by atoms with Crippen molar-refractivity contribution in [3.05, 3.63) is 70.5 Å². The van der Waals surface area contributed by atoms with Gasteiger partial charge in [-0.25, -0.2) is 0 Å². The highest BCUT2D eigenvalue weighted by Gasteiger charge is 2.08. The molecule has 0 radical (unpaired) electrons. The molecule has 0 saturated heterocycles. The highest BCUT2D eigenvalue weighted by molar-refractivity contribution is 9.10. The molecule has 0 aliphatic rings. The van der Waals surface area contributed by atoms with Gasteiger partial charge in [0.15, 0.2) is 0 Å². The zero-order valence-electron chi connectivity index (χ0n) is 11.2. The van der Waals surface area contributed by atoms with Crippen molar-refractivity contribution in [1.29, 1.82) is 0 Å². The van der Waals surface area contributed by atoms with Gasteiger partial charge in [0.05, 0.1) is 5.75 Å². The number of nitrogens with zero attached hydrogens (tertiary/aromatic N) is 2. The second-order valence-electron chi connectivity index (χ2n) is 4.50. The van der Waals surface area contributed by atoms with Crippen LogP contribution in [0.1, 0.15) is 11.5 Å². The maximum atomic E-state index is 5.29. The topological polar surface area (TPSA) is 38.9 Å². The van der Waals surface area contributed by atoms with Crippen LogP contribution >= 0.6 is 27.7 Å². The SMILES string of the molecule is Brc1cccc(CSCc2nc(-c3ccccc3)no2)c1. The average Bonchev–Trinajstić information content (AvgIpc) is 2.97. The summed E-state index contributed by atoms with van der Waals surface area (Å²) in [6.07, 6.45) is 0. The van der Waals surface area contributed by atoms with Crippen LogP contribution in [0.15, 0.2) is 63.6 Å². The molecule has 3 aromatic rings. The summed E-state index contributed by atoms with van der Waals surface area (Å²) in [7, 11) is 0. The van der Waals surface area contributed by atoms with Crippen molar-refractivity contribution in [1.82, 2.24) is 10.1 Å². The number of aromatic nitrogens is 2. The first-order valence-electron chi connectivity index (χ1n) is 6.51. The number of halogens is 1. The van der Waals surface area contributed by atoms with Gasteiger partial charge in [0, 0.05) is 15.8 Å². The standard InChI is InChI=1S/C16H13BrN2OS/c17-14-8-4-5-12(9-14)10-21-11-15-18-16(19-20-15)13-6-2-1-3-7-13/h1-9H,10-11H2. The summed E-state index contributed by atoms with van der Waals surface area (Å²) in [6, 6.07) is 18.2. The van der Waals surface area contributed by atoms with E-state index in [4.69, 9.17) is 4.52 Å². The lowest BCUT2D eigenvalue weighted by Gasteiger charge is -2.00. The Labute approximate surface area is 135 Å². The van der Waals surface area contributed by atoms with Crippen molar-refractivity contribution >= 4 is 27.7 Å². The Morgan fingerprint density at radius 2 is 1.86 bits per heavy atom. The normalized spacial score (nSPS) is 10.7. The summed E-state index contributed by atoms with van der Waals surface area (Å²) in [5.41, 5.74) is 2.25. The molecule has 3 rings (SSSR count). The molecule has 0 unspecified atom stereocenters. The van der Waals surface area contributed by atoms with Gasteiger partial charge in [-0.05, 0) is 17.7 Å². The van der Waals surface area contributed by atoms with E-state index in [0.29, 0.717) is 17.5 Å². The fourth-order valence-electron chi connectivity index (χ4n) is 1.90. The Morgan fingerprint density at radius 1 is 1.00 bits per heavy atom. The van der Waals surface area contributed by atoms with E-state index < -0.39 is 0 Å². The van der Waals surface area contributed by atoms with E-state index in [-0.39, 0.29) is 0 Å². The van der Waals surface area contributed by atoms with Crippen LogP contribution in [0.2, 0.25) is 0 Å². The molecule has 0 atom stereocenters. The van der Waals surface area contributed by atoms with Gasteiger partial charge in [0.1, 0.15) is 0 Å². The number of hydrogen-bond acceptors (Lipinski definition) is 4. The minimum atomic E-state index is 0.647. The third kappa shape index (κ3) is 3.95. The fraction of sp³-hybridized carbons (Fsp3) is 0.125. The van der Waals surface area contributed by atoms with Crippen LogP contribution < -0.4 is 0 Å². The predicted octanol–water partition coefficient (Wildman–Crippen LogP) is 4.93. The molecule has 5 heteroatoms. The number of benzene rings is 2. The van der Waals surface area contributed by atoms with Crippen LogP contribution in [0.25, 0.3) is 11.4 Å². The molecule has 1 heterocycles. The van der Waals surface area contributed by atoms with Gasteiger partial charge < -0.3 is 4.52 Å². The lowest BCUT2D eigenvalue weighted by atomic mass is 10.2. The summed E-state index contributed by atoms with van der Waals surface area (Å²) in [6.45, 7) is 0. The zero-order chi connectivity index (χ0) is 14.5. The molecule has 0 amide bonds. The second kappa shape index (κ2) is 6.91. The molecule has 106 valence electrons. The van der Waals surface area contributed by atoms with Crippen LogP contribution in [-0.4, -0.2) is 10.1 Å². The molecule has 0 aliphatic carbocycles. The number of hydrogen-bond donors (Lipinski definition) is 0. The van der Waals surface area contributed by atoms with E-state index in [9.17, 15) is 0 Å². The van der Waals surface area contributed by atoms with Crippen molar-refractivity contribution < 1.29 is 4.52 Å². The molecule has 1 aromatic heterocycles. The fourth-order valence-corrected chi connectivity index (χ4v) is 3.16. The van der Waals surface area contributed by atoms with Gasteiger partial charge in [-0.2, -0.15) is 4.98 Å². The molecule has 0 fully saturated rings. The van der Waals surface area contributed by atoms with Crippen molar-refractivity contribution in [3.8, 4) is 11.4 Å². The number of thioether (sulfide) groups is 1. The monoisotopic (exact) mass is 360 g/mol. The Bertz CT molecular complexity index is 715. The molecule has 3 nitrogen and oxygen atoms in total. The van der Waals surface area contributed by atoms with E-state index in [1.807, 2.05) is 42.5 Å². The van der Waals surface area contributed by atoms with Crippen molar-refractivity contribution in [2.45, 2.75) is 11.5 Å². The highest BCUT2D eigenvalue weighted by atomic mass is 79.9. The van der Waals surface area contributed by atoms with Gasteiger partial charge in [0.2, 0.25) is 11.7 Å². The molecule has 2 aromatic carbocycles. The highest BCUT2D eigenvalue weighted by Crippen LogP contribution is 2.21. The van der Waals surface area contributed by atoms with Gasteiger partial charge in [-0.1, -0.05) is 63.6 Å². The molecule has 0 bridgehead atoms. The lowest BCUT2D eigenvalue weighted by Crippen LogP contribution is -1.84. The van der Waals surface area contributed by atoms with Crippen molar-refractivity contribution in [2.24, 2.45) is 0 Å². The quantitative estimate of drug-likeness (QED) is 0.646. The molecular weight excluding hydrogens is 348 g/mol. The van der Waals surface area contributed by atoms with E-state index in [2.05, 4.69) is 38.2 Å². The summed E-state index contributed by atoms with van der Waals surface area (Å²) in [5, 5.41) is 4.02. The first-order valence-corrected chi connectivity index (χ1v) is 8.46. The lowest BCUT2D eigenvalue weighted by molar-refractivity contribution is 0.391. The predicted molar refractivity (Wildman–Crippen MR) is 88.9 cm³/mol. The molecule has 0 N–H and O–H groups in total. The Morgan fingerprint density at radius 3 is 2.67 bits per heavy atom. The summed E-state index contributed by atoms with van der Waals surface area (Å²) in [4.78, 5) is 4.42. The van der Waals surface area contributed by atoms with Gasteiger partial charge in [-0.15, -0.1) is 11.8 Å². The van der Waals surface area contributed by atoms with Crippen molar-refractivity contribution in [2.75, 3.05) is 0 Å². The molecule has 0 aliphatic heterocycles. The summed E-state index contributed by atoms with van der Waals surface area (Å²) >= 11 is 5.24. The smallest absolute Gasteiger partial charge is 0.236 e. The minimum absolute atomic E-state index is 0.647. The first-order chi connectivity index (χ1) is 10.3. The Kier molecular flexibility index (Phi) is 4.72. The van der Waals surface area contributed by atoms with Gasteiger partial charge in [0.25, 0.3) is 0 Å². The van der Waals surface area contributed by atoms with Crippen LogP contribution in [0.5, 0.6) is 0 Å². The Hall–Kier alpha value is -1.59. The van der Waals surface area contributed by atoms with Crippen LogP contribution in [0, 0.1) is 0 Å². The van der Waals surface area contributed by atoms with Crippen LogP contribution in [0.3, 0.4) is 0 Å². The molecule has 21 heavy (non-hydrogen) atoms. The third-order valence-electron chi connectivity index (χ3n) is 2.88. The van der Waals surface area contributed by atoms with E-state index >= 15 is 0 Å². The average molecular weight is 361 g/mol.